The quantitative estimate of drug-likeness (QED) is 0.760. The Morgan fingerprint density at radius 3 is 2.21 bits per heavy atom. The van der Waals surface area contributed by atoms with Crippen molar-refractivity contribution in [1.29, 1.82) is 0 Å². The van der Waals surface area contributed by atoms with Gasteiger partial charge in [-0.15, -0.1) is 0 Å². The molecule has 0 atom stereocenters. The Bertz CT molecular complexity index is 348. The van der Waals surface area contributed by atoms with Crippen molar-refractivity contribution in [1.82, 2.24) is 4.90 Å². The maximum absolute atomic E-state index is 12.3. The number of alkyl halides is 3. The number of carboxylic acids is 1. The summed E-state index contributed by atoms with van der Waals surface area (Å²) in [6.07, 6.45) is -2.44. The average Bonchev–Trinajstić information content (AvgIpc) is 2.19. The Kier molecular flexibility index (Phi) is 4.78. The minimum absolute atomic E-state index is 0.118. The SMILES string of the molecule is NCC1(CC(=O)N(CC(=O)O)CC(F)(F)F)CCC1. The highest BCUT2D eigenvalue weighted by molar-refractivity contribution is 5.82. The second-order valence-corrected chi connectivity index (χ2v) is 4.99. The van der Waals surface area contributed by atoms with Crippen LogP contribution in [0.15, 0.2) is 0 Å². The van der Waals surface area contributed by atoms with E-state index in [9.17, 15) is 22.8 Å². The number of hydrogen-bond acceptors (Lipinski definition) is 3. The van der Waals surface area contributed by atoms with Crippen molar-refractivity contribution in [3.8, 4) is 0 Å². The Morgan fingerprint density at radius 1 is 1.32 bits per heavy atom. The van der Waals surface area contributed by atoms with E-state index >= 15 is 0 Å². The second-order valence-electron chi connectivity index (χ2n) is 4.99. The highest BCUT2D eigenvalue weighted by Crippen LogP contribution is 2.43. The van der Waals surface area contributed by atoms with Gasteiger partial charge in [-0.05, 0) is 24.8 Å². The zero-order chi connectivity index (χ0) is 14.7. The molecule has 1 fully saturated rings. The van der Waals surface area contributed by atoms with Crippen LogP contribution in [0.5, 0.6) is 0 Å². The fraction of sp³-hybridized carbons (Fsp3) is 0.818. The van der Waals surface area contributed by atoms with E-state index in [-0.39, 0.29) is 13.0 Å². The third-order valence-electron chi connectivity index (χ3n) is 3.42. The number of nitrogens with zero attached hydrogens (tertiary/aromatic N) is 1. The summed E-state index contributed by atoms with van der Waals surface area (Å²) >= 11 is 0. The molecule has 0 radical (unpaired) electrons. The molecule has 0 saturated heterocycles. The van der Waals surface area contributed by atoms with Crippen molar-refractivity contribution in [2.24, 2.45) is 11.1 Å². The molecule has 1 aliphatic carbocycles. The molecule has 3 N–H and O–H groups in total. The lowest BCUT2D eigenvalue weighted by Gasteiger charge is -2.41. The summed E-state index contributed by atoms with van der Waals surface area (Å²) < 4.78 is 36.9. The number of carboxylic acid groups (broad SMARTS) is 1. The van der Waals surface area contributed by atoms with Gasteiger partial charge in [-0.25, -0.2) is 0 Å². The van der Waals surface area contributed by atoms with Gasteiger partial charge in [0.15, 0.2) is 0 Å². The van der Waals surface area contributed by atoms with Crippen molar-refractivity contribution < 1.29 is 27.9 Å². The molecule has 1 aliphatic rings. The molecule has 0 aromatic rings. The number of carbonyl (C=O) groups is 2. The number of carbonyl (C=O) groups excluding carboxylic acids is 1. The third-order valence-corrected chi connectivity index (χ3v) is 3.42. The Labute approximate surface area is 108 Å². The van der Waals surface area contributed by atoms with Gasteiger partial charge in [0, 0.05) is 6.42 Å². The number of nitrogens with two attached hydrogens (primary N) is 1. The molecule has 0 aromatic carbocycles. The largest absolute Gasteiger partial charge is 0.480 e. The van der Waals surface area contributed by atoms with E-state index in [2.05, 4.69) is 0 Å². The van der Waals surface area contributed by atoms with Crippen LogP contribution < -0.4 is 5.73 Å². The fourth-order valence-electron chi connectivity index (χ4n) is 2.17. The van der Waals surface area contributed by atoms with E-state index in [0.717, 1.165) is 6.42 Å². The molecular weight excluding hydrogens is 265 g/mol. The van der Waals surface area contributed by atoms with E-state index in [1.165, 1.54) is 0 Å². The molecule has 0 bridgehead atoms. The van der Waals surface area contributed by atoms with Crippen molar-refractivity contribution in [3.63, 3.8) is 0 Å². The molecule has 0 spiro atoms. The van der Waals surface area contributed by atoms with Gasteiger partial charge in [-0.3, -0.25) is 9.59 Å². The summed E-state index contributed by atoms with van der Waals surface area (Å²) in [5.74, 6) is -2.27. The van der Waals surface area contributed by atoms with Crippen LogP contribution in [0.3, 0.4) is 0 Å². The van der Waals surface area contributed by atoms with E-state index < -0.39 is 36.6 Å². The molecule has 0 aromatic heterocycles. The van der Waals surface area contributed by atoms with Gasteiger partial charge < -0.3 is 15.7 Å². The number of aliphatic carboxylic acids is 1. The van der Waals surface area contributed by atoms with Crippen molar-refractivity contribution in [2.45, 2.75) is 31.9 Å². The summed E-state index contributed by atoms with van der Waals surface area (Å²) in [5.41, 5.74) is 5.09. The summed E-state index contributed by atoms with van der Waals surface area (Å²) in [4.78, 5) is 22.7. The van der Waals surface area contributed by atoms with E-state index in [4.69, 9.17) is 10.8 Å². The zero-order valence-corrected chi connectivity index (χ0v) is 10.4. The van der Waals surface area contributed by atoms with E-state index in [1.807, 2.05) is 0 Å². The Hall–Kier alpha value is -1.31. The topological polar surface area (TPSA) is 83.6 Å². The summed E-state index contributed by atoms with van der Waals surface area (Å²) in [6, 6.07) is 0. The lowest BCUT2D eigenvalue weighted by atomic mass is 9.66. The maximum atomic E-state index is 12.3. The van der Waals surface area contributed by atoms with Crippen LogP contribution in [0.1, 0.15) is 25.7 Å². The van der Waals surface area contributed by atoms with Crippen molar-refractivity contribution >= 4 is 11.9 Å². The van der Waals surface area contributed by atoms with Crippen LogP contribution >= 0.6 is 0 Å². The van der Waals surface area contributed by atoms with Gasteiger partial charge in [0.1, 0.15) is 13.1 Å². The van der Waals surface area contributed by atoms with Crippen molar-refractivity contribution in [3.05, 3.63) is 0 Å². The van der Waals surface area contributed by atoms with E-state index in [0.29, 0.717) is 17.7 Å². The first-order valence-electron chi connectivity index (χ1n) is 5.94. The molecule has 0 aliphatic heterocycles. The average molecular weight is 282 g/mol. The Morgan fingerprint density at radius 2 is 1.89 bits per heavy atom. The van der Waals surface area contributed by atoms with Gasteiger partial charge in [-0.2, -0.15) is 13.2 Å². The molecule has 19 heavy (non-hydrogen) atoms. The molecule has 110 valence electrons. The number of rotatable bonds is 6. The normalized spacial score (nSPS) is 17.7. The lowest BCUT2D eigenvalue weighted by Crippen LogP contribution is -2.47. The van der Waals surface area contributed by atoms with Gasteiger partial charge in [-0.1, -0.05) is 6.42 Å². The molecule has 0 unspecified atom stereocenters. The van der Waals surface area contributed by atoms with E-state index in [1.54, 1.807) is 0 Å². The smallest absolute Gasteiger partial charge is 0.406 e. The monoisotopic (exact) mass is 282 g/mol. The van der Waals surface area contributed by atoms with Crippen molar-refractivity contribution in [2.75, 3.05) is 19.6 Å². The first-order chi connectivity index (χ1) is 8.67. The molecule has 0 heterocycles. The van der Waals surface area contributed by atoms with Crippen LogP contribution in [0.2, 0.25) is 0 Å². The predicted molar refractivity (Wildman–Crippen MR) is 60.2 cm³/mol. The summed E-state index contributed by atoms with van der Waals surface area (Å²) in [7, 11) is 0. The van der Waals surface area contributed by atoms with Crippen LogP contribution in [-0.2, 0) is 9.59 Å². The van der Waals surface area contributed by atoms with Crippen LogP contribution in [0.4, 0.5) is 13.2 Å². The van der Waals surface area contributed by atoms with Crippen LogP contribution in [-0.4, -0.2) is 47.7 Å². The number of hydrogen-bond donors (Lipinski definition) is 2. The number of halogens is 3. The number of amides is 1. The van der Waals surface area contributed by atoms with Gasteiger partial charge in [0.25, 0.3) is 0 Å². The first kappa shape index (κ1) is 15.7. The highest BCUT2D eigenvalue weighted by Gasteiger charge is 2.41. The summed E-state index contributed by atoms with van der Waals surface area (Å²) in [6.45, 7) is -2.26. The molecular formula is C11H17F3N2O3. The first-order valence-corrected chi connectivity index (χ1v) is 5.94. The minimum Gasteiger partial charge on any atom is -0.480 e. The highest BCUT2D eigenvalue weighted by atomic mass is 19.4. The molecule has 1 rings (SSSR count). The fourth-order valence-corrected chi connectivity index (χ4v) is 2.17. The standard InChI is InChI=1S/C11H17F3N2O3/c12-11(13,14)7-16(5-9(18)19)8(17)4-10(6-15)2-1-3-10/h1-7,15H2,(H,18,19). The Balaban J connectivity index is 2.68. The lowest BCUT2D eigenvalue weighted by molar-refractivity contribution is -0.167. The molecule has 1 amide bonds. The summed E-state index contributed by atoms with van der Waals surface area (Å²) in [5, 5.41) is 8.57. The minimum atomic E-state index is -4.61. The molecule has 5 nitrogen and oxygen atoms in total. The molecule has 8 heteroatoms. The molecule has 1 saturated carbocycles. The van der Waals surface area contributed by atoms with Crippen LogP contribution in [0.25, 0.3) is 0 Å². The van der Waals surface area contributed by atoms with Crippen LogP contribution in [0, 0.1) is 5.41 Å². The second kappa shape index (κ2) is 5.77. The predicted octanol–water partition coefficient (Wildman–Crippen LogP) is 0.981. The van der Waals surface area contributed by atoms with Gasteiger partial charge >= 0.3 is 12.1 Å². The van der Waals surface area contributed by atoms with Gasteiger partial charge in [0.05, 0.1) is 0 Å². The van der Waals surface area contributed by atoms with Gasteiger partial charge in [0.2, 0.25) is 5.91 Å². The zero-order valence-electron chi connectivity index (χ0n) is 10.4. The maximum Gasteiger partial charge on any atom is 0.406 e. The third kappa shape index (κ3) is 4.70.